The first-order valence-corrected chi connectivity index (χ1v) is 10.8. The van der Waals surface area contributed by atoms with Crippen molar-refractivity contribution in [2.24, 2.45) is 0 Å². The van der Waals surface area contributed by atoms with Gasteiger partial charge < -0.3 is 4.74 Å². The molecule has 0 aromatic carbocycles. The molecule has 0 bridgehead atoms. The summed E-state index contributed by atoms with van der Waals surface area (Å²) in [4.78, 5) is 38.8. The second kappa shape index (κ2) is 9.56. The van der Waals surface area contributed by atoms with Gasteiger partial charge in [0.2, 0.25) is 0 Å². The average Bonchev–Trinajstić information content (AvgIpc) is 2.70. The predicted octanol–water partition coefficient (Wildman–Crippen LogP) is 4.50. The largest absolute Gasteiger partial charge is 0.460 e. The summed E-state index contributed by atoms with van der Waals surface area (Å²) in [6.07, 6.45) is 3.38. The van der Waals surface area contributed by atoms with Gasteiger partial charge in [0.1, 0.15) is 22.0 Å². The van der Waals surface area contributed by atoms with E-state index in [1.165, 1.54) is 0 Å². The lowest BCUT2D eigenvalue weighted by Gasteiger charge is -2.21. The molecule has 0 aliphatic heterocycles. The van der Waals surface area contributed by atoms with E-state index in [1.807, 2.05) is 45.9 Å². The van der Waals surface area contributed by atoms with Gasteiger partial charge in [0.05, 0.1) is 11.7 Å². The highest BCUT2D eigenvalue weighted by Gasteiger charge is 2.22. The summed E-state index contributed by atoms with van der Waals surface area (Å²) in [5, 5.41) is 0.288. The highest BCUT2D eigenvalue weighted by atomic mass is 35.5. The number of fused-ring (bicyclic) bond motifs is 1. The van der Waals surface area contributed by atoms with Crippen LogP contribution in [-0.2, 0) is 16.0 Å². The Morgan fingerprint density at radius 1 is 1.19 bits per heavy atom. The van der Waals surface area contributed by atoms with Crippen LogP contribution in [0.3, 0.4) is 0 Å². The van der Waals surface area contributed by atoms with E-state index < -0.39 is 5.60 Å². The minimum atomic E-state index is -0.535. The molecule has 3 heterocycles. The maximum Gasteiger partial charge on any atom is 0.306 e. The van der Waals surface area contributed by atoms with Crippen LogP contribution in [0.2, 0.25) is 5.15 Å². The molecule has 0 unspecified atom stereocenters. The van der Waals surface area contributed by atoms with Gasteiger partial charge in [-0.2, -0.15) is 0 Å². The van der Waals surface area contributed by atoms with Crippen molar-refractivity contribution in [3.05, 3.63) is 63.4 Å². The summed E-state index contributed by atoms with van der Waals surface area (Å²) >= 11 is 6.13. The summed E-state index contributed by atoms with van der Waals surface area (Å²) in [5.74, 6) is -0.290. The van der Waals surface area contributed by atoms with E-state index in [0.29, 0.717) is 36.1 Å². The second-order valence-corrected chi connectivity index (χ2v) is 8.72. The van der Waals surface area contributed by atoms with E-state index in [4.69, 9.17) is 16.3 Å². The van der Waals surface area contributed by atoms with Gasteiger partial charge in [-0.05, 0) is 64.3 Å². The molecule has 3 aromatic heterocycles. The lowest BCUT2D eigenvalue weighted by atomic mass is 10.1. The smallest absolute Gasteiger partial charge is 0.306 e. The Morgan fingerprint density at radius 2 is 1.97 bits per heavy atom. The molecule has 164 valence electrons. The van der Waals surface area contributed by atoms with Crippen molar-refractivity contribution in [1.82, 2.24) is 19.5 Å². The zero-order chi connectivity index (χ0) is 22.6. The monoisotopic (exact) mass is 442 g/mol. The Kier molecular flexibility index (Phi) is 7.05. The third-order valence-electron chi connectivity index (χ3n) is 4.71. The van der Waals surface area contributed by atoms with Crippen LogP contribution in [0.15, 0.2) is 41.3 Å². The normalized spacial score (nSPS) is 12.7. The lowest BCUT2D eigenvalue weighted by Crippen LogP contribution is -2.31. The molecule has 7 nitrogen and oxygen atoms in total. The fraction of sp³-hybridized carbons (Fsp3) is 0.435. The molecular formula is C23H27ClN4O3. The molecular weight excluding hydrogens is 416 g/mol. The van der Waals surface area contributed by atoms with Crippen LogP contribution in [0.1, 0.15) is 64.4 Å². The minimum absolute atomic E-state index is 0.215. The Balaban J connectivity index is 1.99. The highest BCUT2D eigenvalue weighted by Crippen LogP contribution is 2.23. The molecule has 0 aliphatic carbocycles. The minimum Gasteiger partial charge on any atom is -0.460 e. The quantitative estimate of drug-likeness (QED) is 0.395. The summed E-state index contributed by atoms with van der Waals surface area (Å²) in [6.45, 7) is 7.48. The van der Waals surface area contributed by atoms with Gasteiger partial charge in [0.25, 0.3) is 5.56 Å². The number of halogens is 1. The van der Waals surface area contributed by atoms with Crippen molar-refractivity contribution in [1.29, 1.82) is 0 Å². The van der Waals surface area contributed by atoms with Crippen molar-refractivity contribution in [2.45, 2.75) is 65.0 Å². The zero-order valence-corrected chi connectivity index (χ0v) is 19.0. The van der Waals surface area contributed by atoms with Gasteiger partial charge in [-0.15, -0.1) is 0 Å². The van der Waals surface area contributed by atoms with Gasteiger partial charge in [-0.1, -0.05) is 24.6 Å². The molecule has 0 radical (unpaired) electrons. The first-order chi connectivity index (χ1) is 14.7. The van der Waals surface area contributed by atoms with E-state index in [1.54, 1.807) is 22.9 Å². The van der Waals surface area contributed by atoms with Gasteiger partial charge in [-0.25, -0.2) is 9.97 Å². The van der Waals surface area contributed by atoms with E-state index in [2.05, 4.69) is 15.0 Å². The third-order valence-corrected chi connectivity index (χ3v) is 4.92. The van der Waals surface area contributed by atoms with Crippen LogP contribution in [0.4, 0.5) is 0 Å². The molecule has 3 aromatic rings. The van der Waals surface area contributed by atoms with Gasteiger partial charge in [0.15, 0.2) is 5.65 Å². The SMILES string of the molecule is CC[C@@H](c1ccccn1)n1c(=O)c(CCCC(=O)OC(C)(C)C)nc2ccc(Cl)nc21. The second-order valence-electron chi connectivity index (χ2n) is 8.33. The lowest BCUT2D eigenvalue weighted by molar-refractivity contribution is -0.154. The Morgan fingerprint density at radius 3 is 2.61 bits per heavy atom. The number of aromatic nitrogens is 4. The molecule has 31 heavy (non-hydrogen) atoms. The van der Waals surface area contributed by atoms with Crippen molar-refractivity contribution in [3.8, 4) is 0 Å². The van der Waals surface area contributed by atoms with Gasteiger partial charge in [0, 0.05) is 12.6 Å². The molecule has 0 fully saturated rings. The Bertz CT molecular complexity index is 1120. The van der Waals surface area contributed by atoms with E-state index in [9.17, 15) is 9.59 Å². The van der Waals surface area contributed by atoms with Crippen LogP contribution in [0.5, 0.6) is 0 Å². The number of pyridine rings is 2. The maximum absolute atomic E-state index is 13.4. The predicted molar refractivity (Wildman–Crippen MR) is 120 cm³/mol. The summed E-state index contributed by atoms with van der Waals surface area (Å²) in [7, 11) is 0. The van der Waals surface area contributed by atoms with Crippen LogP contribution < -0.4 is 5.56 Å². The molecule has 0 spiro atoms. The van der Waals surface area contributed by atoms with Crippen LogP contribution in [0.25, 0.3) is 11.2 Å². The fourth-order valence-corrected chi connectivity index (χ4v) is 3.60. The number of nitrogens with zero attached hydrogens (tertiary/aromatic N) is 4. The average molecular weight is 443 g/mol. The Hall–Kier alpha value is -2.80. The number of carbonyl (C=O) groups excluding carboxylic acids is 1. The van der Waals surface area contributed by atoms with Crippen LogP contribution in [0, 0.1) is 0 Å². The number of carbonyl (C=O) groups is 1. The maximum atomic E-state index is 13.4. The topological polar surface area (TPSA) is 87.0 Å². The van der Waals surface area contributed by atoms with Crippen molar-refractivity contribution in [3.63, 3.8) is 0 Å². The molecule has 8 heteroatoms. The van der Waals surface area contributed by atoms with Crippen LogP contribution >= 0.6 is 11.6 Å². The van der Waals surface area contributed by atoms with Gasteiger partial charge in [-0.3, -0.25) is 19.1 Å². The highest BCUT2D eigenvalue weighted by molar-refractivity contribution is 6.29. The van der Waals surface area contributed by atoms with Crippen LogP contribution in [-0.4, -0.2) is 31.1 Å². The Labute approximate surface area is 186 Å². The first kappa shape index (κ1) is 22.9. The number of hydrogen-bond acceptors (Lipinski definition) is 6. The molecule has 0 aliphatic rings. The zero-order valence-electron chi connectivity index (χ0n) is 18.3. The number of rotatable bonds is 7. The summed E-state index contributed by atoms with van der Waals surface area (Å²) in [5.41, 5.74) is 1.36. The number of esters is 1. The molecule has 0 N–H and O–H groups in total. The third kappa shape index (κ3) is 5.67. The molecule has 3 rings (SSSR count). The van der Waals surface area contributed by atoms with E-state index in [0.717, 1.165) is 5.69 Å². The van der Waals surface area contributed by atoms with Crippen molar-refractivity contribution >= 4 is 28.7 Å². The van der Waals surface area contributed by atoms with Gasteiger partial charge >= 0.3 is 5.97 Å². The summed E-state index contributed by atoms with van der Waals surface area (Å²) < 4.78 is 6.98. The molecule has 0 amide bonds. The van der Waals surface area contributed by atoms with E-state index >= 15 is 0 Å². The number of hydrogen-bond donors (Lipinski definition) is 0. The van der Waals surface area contributed by atoms with Crippen molar-refractivity contribution in [2.75, 3.05) is 0 Å². The van der Waals surface area contributed by atoms with Crippen molar-refractivity contribution < 1.29 is 9.53 Å². The summed E-state index contributed by atoms with van der Waals surface area (Å²) in [6, 6.07) is 8.71. The standard InChI is InChI=1S/C23H27ClN4O3/c1-5-18(15-9-6-7-14-25-15)28-21-16(12-13-19(24)27-21)26-17(22(28)30)10-8-11-20(29)31-23(2,3)4/h6-7,9,12-14,18H,5,8,10-11H2,1-4H3/t18-/m0/s1. The molecule has 1 atom stereocenters. The number of aryl methyl sites for hydroxylation is 1. The molecule has 0 saturated carbocycles. The first-order valence-electron chi connectivity index (χ1n) is 10.4. The number of ether oxygens (including phenoxy) is 1. The fourth-order valence-electron chi connectivity index (χ4n) is 3.45. The molecule has 0 saturated heterocycles. The van der Waals surface area contributed by atoms with E-state index in [-0.39, 0.29) is 29.1 Å².